The number of carbonyl (C=O) groups excluding carboxylic acids is 1. The van der Waals surface area contributed by atoms with Crippen molar-refractivity contribution in [2.45, 2.75) is 19.4 Å². The summed E-state index contributed by atoms with van der Waals surface area (Å²) in [5.41, 5.74) is 5.58. The molecule has 0 radical (unpaired) electrons. The van der Waals surface area contributed by atoms with E-state index in [1.165, 1.54) is 12.1 Å². The molecule has 0 saturated carbocycles. The van der Waals surface area contributed by atoms with E-state index in [1.54, 1.807) is 6.07 Å². The first-order valence-corrected chi connectivity index (χ1v) is 5.79. The highest BCUT2D eigenvalue weighted by Gasteiger charge is 2.11. The summed E-state index contributed by atoms with van der Waals surface area (Å²) in [6.07, 6.45) is 0.668. The van der Waals surface area contributed by atoms with Crippen molar-refractivity contribution in [3.05, 3.63) is 34.1 Å². The molecule has 1 aromatic carbocycles. The molecule has 0 aliphatic carbocycles. The lowest BCUT2D eigenvalue weighted by Crippen LogP contribution is -2.29. The molecule has 88 valence electrons. The zero-order valence-corrected chi connectivity index (χ0v) is 10.6. The van der Waals surface area contributed by atoms with Crippen LogP contribution in [0.3, 0.4) is 0 Å². The van der Waals surface area contributed by atoms with Crippen molar-refractivity contribution in [2.75, 3.05) is 6.54 Å². The maximum atomic E-state index is 13.3. The number of rotatable bonds is 4. The molecule has 1 amide bonds. The monoisotopic (exact) mass is 288 g/mol. The quantitative estimate of drug-likeness (QED) is 0.891. The van der Waals surface area contributed by atoms with Gasteiger partial charge in [0.05, 0.1) is 5.56 Å². The zero-order valence-electron chi connectivity index (χ0n) is 8.97. The van der Waals surface area contributed by atoms with Gasteiger partial charge >= 0.3 is 0 Å². The molecule has 0 heterocycles. The average molecular weight is 289 g/mol. The Kier molecular flexibility index (Phi) is 4.89. The number of nitrogens with two attached hydrogens (primary N) is 1. The van der Waals surface area contributed by atoms with E-state index in [0.29, 0.717) is 17.4 Å². The van der Waals surface area contributed by atoms with E-state index in [4.69, 9.17) is 5.73 Å². The van der Waals surface area contributed by atoms with Gasteiger partial charge in [0.2, 0.25) is 0 Å². The number of hydrogen-bond acceptors (Lipinski definition) is 2. The summed E-state index contributed by atoms with van der Waals surface area (Å²) >= 11 is 3.19. The number of carbonyl (C=O) groups is 1. The minimum atomic E-state index is -0.526. The van der Waals surface area contributed by atoms with Crippen molar-refractivity contribution >= 4 is 21.8 Å². The van der Waals surface area contributed by atoms with Gasteiger partial charge in [-0.2, -0.15) is 0 Å². The summed E-state index contributed by atoms with van der Waals surface area (Å²) in [4.78, 5) is 11.6. The van der Waals surface area contributed by atoms with Crippen LogP contribution in [0.25, 0.3) is 0 Å². The van der Waals surface area contributed by atoms with Gasteiger partial charge in [-0.1, -0.05) is 15.9 Å². The Bertz CT molecular complexity index is 382. The molecule has 0 spiro atoms. The molecule has 3 nitrogen and oxygen atoms in total. The fraction of sp³-hybridized carbons (Fsp3) is 0.364. The molecule has 0 aliphatic rings. The van der Waals surface area contributed by atoms with E-state index in [-0.39, 0.29) is 11.6 Å². The molecule has 0 saturated heterocycles. The number of benzene rings is 1. The Labute approximate surface area is 102 Å². The minimum absolute atomic E-state index is 0.0210. The summed E-state index contributed by atoms with van der Waals surface area (Å²) in [6.45, 7) is 2.30. The summed E-state index contributed by atoms with van der Waals surface area (Å²) in [7, 11) is 0. The largest absolute Gasteiger partial charge is 0.352 e. The molecule has 1 aromatic rings. The van der Waals surface area contributed by atoms with E-state index in [2.05, 4.69) is 21.2 Å². The van der Waals surface area contributed by atoms with Gasteiger partial charge in [-0.15, -0.1) is 0 Å². The first kappa shape index (κ1) is 13.1. The van der Waals surface area contributed by atoms with Crippen molar-refractivity contribution in [1.29, 1.82) is 0 Å². The van der Waals surface area contributed by atoms with Gasteiger partial charge in [-0.05, 0) is 31.5 Å². The smallest absolute Gasteiger partial charge is 0.254 e. The van der Waals surface area contributed by atoms with Crippen LogP contribution in [0.4, 0.5) is 4.39 Å². The zero-order chi connectivity index (χ0) is 12.1. The van der Waals surface area contributed by atoms with Crippen LogP contribution in [0.5, 0.6) is 0 Å². The second-order valence-corrected chi connectivity index (χ2v) is 4.56. The topological polar surface area (TPSA) is 55.1 Å². The molecule has 1 rings (SSSR count). The third-order valence-corrected chi connectivity index (χ3v) is 2.55. The highest BCUT2D eigenvalue weighted by molar-refractivity contribution is 9.10. The van der Waals surface area contributed by atoms with Crippen molar-refractivity contribution in [3.63, 3.8) is 0 Å². The summed E-state index contributed by atoms with van der Waals surface area (Å²) in [6, 6.07) is 4.28. The standard InChI is InChI=1S/C11H14BrFN2O/c1-7(14)4-5-15-11(16)9-6-8(12)2-3-10(9)13/h2-3,6-7H,4-5,14H2,1H3,(H,15,16). The molecule has 0 aliphatic heterocycles. The van der Waals surface area contributed by atoms with Crippen LogP contribution in [0.15, 0.2) is 22.7 Å². The maximum absolute atomic E-state index is 13.3. The Morgan fingerprint density at radius 3 is 2.94 bits per heavy atom. The summed E-state index contributed by atoms with van der Waals surface area (Å²) in [5, 5.41) is 2.62. The van der Waals surface area contributed by atoms with E-state index < -0.39 is 11.7 Å². The highest BCUT2D eigenvalue weighted by Crippen LogP contribution is 2.15. The number of halogens is 2. The lowest BCUT2D eigenvalue weighted by molar-refractivity contribution is 0.0948. The summed E-state index contributed by atoms with van der Waals surface area (Å²) < 4.78 is 14.0. The first-order valence-electron chi connectivity index (χ1n) is 4.99. The Morgan fingerprint density at radius 2 is 2.31 bits per heavy atom. The number of amides is 1. The van der Waals surface area contributed by atoms with Gasteiger partial charge in [0.15, 0.2) is 0 Å². The van der Waals surface area contributed by atoms with Gasteiger partial charge in [-0.3, -0.25) is 4.79 Å². The van der Waals surface area contributed by atoms with Crippen LogP contribution < -0.4 is 11.1 Å². The van der Waals surface area contributed by atoms with Crippen LogP contribution in [-0.2, 0) is 0 Å². The van der Waals surface area contributed by atoms with Gasteiger partial charge in [0, 0.05) is 17.1 Å². The van der Waals surface area contributed by atoms with Gasteiger partial charge in [-0.25, -0.2) is 4.39 Å². The Morgan fingerprint density at radius 1 is 1.62 bits per heavy atom. The predicted molar refractivity (Wildman–Crippen MR) is 64.7 cm³/mol. The fourth-order valence-electron chi connectivity index (χ4n) is 1.18. The molecule has 16 heavy (non-hydrogen) atoms. The molecule has 1 unspecified atom stereocenters. The van der Waals surface area contributed by atoms with Crippen molar-refractivity contribution in [2.24, 2.45) is 5.73 Å². The molecule has 3 N–H and O–H groups in total. The molecule has 0 aromatic heterocycles. The Balaban J connectivity index is 2.62. The summed E-state index contributed by atoms with van der Waals surface area (Å²) in [5.74, 6) is -0.944. The molecule has 0 fully saturated rings. The van der Waals surface area contributed by atoms with E-state index in [9.17, 15) is 9.18 Å². The third kappa shape index (κ3) is 3.90. The fourth-order valence-corrected chi connectivity index (χ4v) is 1.54. The lowest BCUT2D eigenvalue weighted by Gasteiger charge is -2.08. The van der Waals surface area contributed by atoms with Crippen LogP contribution in [0.2, 0.25) is 0 Å². The molecular weight excluding hydrogens is 275 g/mol. The van der Waals surface area contributed by atoms with Gasteiger partial charge in [0.1, 0.15) is 5.82 Å². The SMILES string of the molecule is CC(N)CCNC(=O)c1cc(Br)ccc1F. The van der Waals surface area contributed by atoms with E-state index in [0.717, 1.165) is 0 Å². The average Bonchev–Trinajstić information content (AvgIpc) is 2.21. The van der Waals surface area contributed by atoms with Crippen molar-refractivity contribution in [3.8, 4) is 0 Å². The minimum Gasteiger partial charge on any atom is -0.352 e. The lowest BCUT2D eigenvalue weighted by atomic mass is 10.2. The molecular formula is C11H14BrFN2O. The van der Waals surface area contributed by atoms with Crippen LogP contribution in [0, 0.1) is 5.82 Å². The third-order valence-electron chi connectivity index (χ3n) is 2.06. The van der Waals surface area contributed by atoms with Crippen LogP contribution in [-0.4, -0.2) is 18.5 Å². The maximum Gasteiger partial charge on any atom is 0.254 e. The van der Waals surface area contributed by atoms with Gasteiger partial charge in [0.25, 0.3) is 5.91 Å². The second kappa shape index (κ2) is 5.96. The number of hydrogen-bond donors (Lipinski definition) is 2. The molecule has 0 bridgehead atoms. The Hall–Kier alpha value is -0.940. The number of nitrogens with one attached hydrogen (secondary N) is 1. The van der Waals surface area contributed by atoms with Gasteiger partial charge < -0.3 is 11.1 Å². The highest BCUT2D eigenvalue weighted by atomic mass is 79.9. The predicted octanol–water partition coefficient (Wildman–Crippen LogP) is 2.06. The van der Waals surface area contributed by atoms with Crippen molar-refractivity contribution < 1.29 is 9.18 Å². The normalized spacial score (nSPS) is 12.2. The molecule has 5 heteroatoms. The molecule has 1 atom stereocenters. The van der Waals surface area contributed by atoms with Crippen LogP contribution in [0.1, 0.15) is 23.7 Å². The van der Waals surface area contributed by atoms with Crippen LogP contribution >= 0.6 is 15.9 Å². The van der Waals surface area contributed by atoms with Crippen molar-refractivity contribution in [1.82, 2.24) is 5.32 Å². The van der Waals surface area contributed by atoms with E-state index in [1.807, 2.05) is 6.92 Å². The first-order chi connectivity index (χ1) is 7.50. The van der Waals surface area contributed by atoms with E-state index >= 15 is 0 Å². The second-order valence-electron chi connectivity index (χ2n) is 3.65.